The number of carbonyl (C=O) groups excluding carboxylic acids is 1. The highest BCUT2D eigenvalue weighted by Gasteiger charge is 2.19. The minimum Gasteiger partial charge on any atom is -0.325 e. The van der Waals surface area contributed by atoms with Gasteiger partial charge in [0.15, 0.2) is 5.16 Å². The summed E-state index contributed by atoms with van der Waals surface area (Å²) in [6.07, 6.45) is 9.39. The Bertz CT molecular complexity index is 763. The van der Waals surface area contributed by atoms with Gasteiger partial charge in [-0.3, -0.25) is 4.79 Å². The van der Waals surface area contributed by atoms with Gasteiger partial charge in [-0.05, 0) is 25.0 Å². The third-order valence-corrected chi connectivity index (χ3v) is 5.94. The number of aromatic nitrogens is 3. The molecule has 5 nitrogen and oxygen atoms in total. The monoisotopic (exact) mass is 384 g/mol. The molecule has 1 aliphatic rings. The van der Waals surface area contributed by atoms with Gasteiger partial charge in [0.25, 0.3) is 0 Å². The number of rotatable bonds is 8. The van der Waals surface area contributed by atoms with Crippen molar-refractivity contribution in [2.45, 2.75) is 57.1 Å². The maximum atomic E-state index is 12.3. The van der Waals surface area contributed by atoms with Gasteiger partial charge in [0.2, 0.25) is 5.91 Å². The van der Waals surface area contributed by atoms with E-state index in [0.717, 1.165) is 23.1 Å². The number of benzene rings is 1. The fraction of sp³-hybridized carbons (Fsp3) is 0.476. The Morgan fingerprint density at radius 3 is 2.70 bits per heavy atom. The van der Waals surface area contributed by atoms with Gasteiger partial charge in [0.1, 0.15) is 5.82 Å². The Morgan fingerprint density at radius 2 is 2.00 bits per heavy atom. The lowest BCUT2D eigenvalue weighted by Crippen LogP contribution is -2.15. The highest BCUT2D eigenvalue weighted by Crippen LogP contribution is 2.27. The first-order valence-corrected chi connectivity index (χ1v) is 10.7. The molecule has 0 bridgehead atoms. The summed E-state index contributed by atoms with van der Waals surface area (Å²) in [6.45, 7) is 6.56. The van der Waals surface area contributed by atoms with E-state index in [1.54, 1.807) is 0 Å². The zero-order valence-electron chi connectivity index (χ0n) is 16.0. The zero-order chi connectivity index (χ0) is 19.1. The highest BCUT2D eigenvalue weighted by atomic mass is 32.2. The summed E-state index contributed by atoms with van der Waals surface area (Å²) in [7, 11) is 0. The van der Waals surface area contributed by atoms with Crippen LogP contribution in [0.1, 0.15) is 43.5 Å². The third-order valence-electron chi connectivity index (χ3n) is 4.97. The summed E-state index contributed by atoms with van der Waals surface area (Å²) in [5.74, 6) is 2.00. The van der Waals surface area contributed by atoms with Crippen LogP contribution >= 0.6 is 11.8 Å². The molecule has 1 aliphatic carbocycles. The predicted molar refractivity (Wildman–Crippen MR) is 111 cm³/mol. The smallest absolute Gasteiger partial charge is 0.234 e. The molecule has 1 aromatic heterocycles. The fourth-order valence-corrected chi connectivity index (χ4v) is 4.27. The van der Waals surface area contributed by atoms with Crippen molar-refractivity contribution in [1.29, 1.82) is 0 Å². The highest BCUT2D eigenvalue weighted by molar-refractivity contribution is 7.99. The Kier molecular flexibility index (Phi) is 7.10. The number of nitrogens with zero attached hydrogens (tertiary/aromatic N) is 3. The predicted octanol–water partition coefficient (Wildman–Crippen LogP) is 4.63. The molecule has 2 aromatic rings. The topological polar surface area (TPSA) is 59.8 Å². The molecular weight excluding hydrogens is 356 g/mol. The molecule has 1 aromatic carbocycles. The zero-order valence-corrected chi connectivity index (χ0v) is 16.8. The van der Waals surface area contributed by atoms with Gasteiger partial charge in [-0.1, -0.05) is 67.6 Å². The van der Waals surface area contributed by atoms with E-state index >= 15 is 0 Å². The Labute approximate surface area is 165 Å². The maximum absolute atomic E-state index is 12.3. The summed E-state index contributed by atoms with van der Waals surface area (Å²) >= 11 is 1.43. The van der Waals surface area contributed by atoms with Crippen molar-refractivity contribution in [1.82, 2.24) is 14.8 Å². The average molecular weight is 385 g/mol. The number of thioether (sulfide) groups is 1. The number of hydrogen-bond donors (Lipinski definition) is 1. The number of aryl methyl sites for hydroxylation is 1. The molecule has 3 rings (SSSR count). The van der Waals surface area contributed by atoms with Gasteiger partial charge in [0.05, 0.1) is 5.75 Å². The van der Waals surface area contributed by atoms with E-state index < -0.39 is 0 Å². The van der Waals surface area contributed by atoms with Crippen LogP contribution in [0.5, 0.6) is 0 Å². The van der Waals surface area contributed by atoms with Gasteiger partial charge in [0, 0.05) is 18.7 Å². The molecule has 1 amide bonds. The largest absolute Gasteiger partial charge is 0.325 e. The minimum absolute atomic E-state index is 0.0363. The van der Waals surface area contributed by atoms with Crippen LogP contribution in [0.3, 0.4) is 0 Å². The molecule has 27 heavy (non-hydrogen) atoms. The van der Waals surface area contributed by atoms with Gasteiger partial charge < -0.3 is 9.88 Å². The van der Waals surface area contributed by atoms with Crippen LogP contribution in [-0.4, -0.2) is 26.4 Å². The first-order chi connectivity index (χ1) is 13.2. The van der Waals surface area contributed by atoms with Crippen LogP contribution in [0.15, 0.2) is 42.1 Å². The molecule has 1 fully saturated rings. The molecular formula is C21H28N4OS. The fourth-order valence-electron chi connectivity index (χ4n) is 3.50. The molecule has 0 atom stereocenters. The summed E-state index contributed by atoms with van der Waals surface area (Å²) in [6, 6.07) is 7.81. The molecule has 6 heteroatoms. The van der Waals surface area contributed by atoms with Crippen LogP contribution in [0.2, 0.25) is 0 Å². The van der Waals surface area contributed by atoms with Crippen molar-refractivity contribution in [2.24, 2.45) is 5.92 Å². The number of amides is 1. The van der Waals surface area contributed by atoms with E-state index in [1.165, 1.54) is 49.4 Å². The molecule has 0 saturated heterocycles. The molecule has 1 saturated carbocycles. The normalized spacial score (nSPS) is 14.9. The summed E-state index contributed by atoms with van der Waals surface area (Å²) < 4.78 is 2.10. The Balaban J connectivity index is 1.59. The SMILES string of the molecule is C=CCn1c(CC2CCCCC2)nnc1SCC(=O)Nc1ccc(C)cc1. The lowest BCUT2D eigenvalue weighted by atomic mass is 9.87. The van der Waals surface area contributed by atoms with E-state index in [9.17, 15) is 4.79 Å². The van der Waals surface area contributed by atoms with Crippen LogP contribution in [0.4, 0.5) is 5.69 Å². The second-order valence-electron chi connectivity index (χ2n) is 7.21. The van der Waals surface area contributed by atoms with Crippen LogP contribution in [-0.2, 0) is 17.8 Å². The lowest BCUT2D eigenvalue weighted by molar-refractivity contribution is -0.113. The van der Waals surface area contributed by atoms with E-state index in [2.05, 4.69) is 26.7 Å². The van der Waals surface area contributed by atoms with Crippen molar-refractivity contribution >= 4 is 23.4 Å². The van der Waals surface area contributed by atoms with E-state index in [-0.39, 0.29) is 5.91 Å². The minimum atomic E-state index is -0.0363. The Hall–Kier alpha value is -2.08. The average Bonchev–Trinajstić information content (AvgIpc) is 3.05. The van der Waals surface area contributed by atoms with Crippen molar-refractivity contribution in [3.05, 3.63) is 48.3 Å². The number of carbonyl (C=O) groups is 1. The van der Waals surface area contributed by atoms with Gasteiger partial charge in [-0.15, -0.1) is 16.8 Å². The second-order valence-corrected chi connectivity index (χ2v) is 8.15. The van der Waals surface area contributed by atoms with Crippen molar-refractivity contribution in [2.75, 3.05) is 11.1 Å². The standard InChI is InChI=1S/C21H28N4OS/c1-3-13-25-19(14-17-7-5-4-6-8-17)23-24-21(25)27-15-20(26)22-18-11-9-16(2)10-12-18/h3,9-12,17H,1,4-8,13-15H2,2H3,(H,22,26). The number of nitrogens with one attached hydrogen (secondary N) is 1. The number of hydrogen-bond acceptors (Lipinski definition) is 4. The first-order valence-electron chi connectivity index (χ1n) is 9.68. The van der Waals surface area contributed by atoms with Crippen molar-refractivity contribution in [3.8, 4) is 0 Å². The second kappa shape index (κ2) is 9.74. The first kappa shape index (κ1) is 19.7. The molecule has 1 heterocycles. The quantitative estimate of drug-likeness (QED) is 0.533. The number of allylic oxidation sites excluding steroid dienone is 1. The molecule has 0 unspecified atom stereocenters. The molecule has 0 aliphatic heterocycles. The van der Waals surface area contributed by atoms with Gasteiger partial charge in [-0.25, -0.2) is 0 Å². The van der Waals surface area contributed by atoms with Crippen molar-refractivity contribution < 1.29 is 4.79 Å². The van der Waals surface area contributed by atoms with Crippen LogP contribution < -0.4 is 5.32 Å². The van der Waals surface area contributed by atoms with Crippen LogP contribution in [0, 0.1) is 12.8 Å². The van der Waals surface area contributed by atoms with Crippen molar-refractivity contribution in [3.63, 3.8) is 0 Å². The summed E-state index contributed by atoms with van der Waals surface area (Å²) in [5, 5.41) is 12.5. The van der Waals surface area contributed by atoms with E-state index in [4.69, 9.17) is 0 Å². The molecule has 0 radical (unpaired) electrons. The third kappa shape index (κ3) is 5.70. The lowest BCUT2D eigenvalue weighted by Gasteiger charge is -2.21. The molecule has 0 spiro atoms. The molecule has 144 valence electrons. The summed E-state index contributed by atoms with van der Waals surface area (Å²) in [4.78, 5) is 12.3. The van der Waals surface area contributed by atoms with Crippen LogP contribution in [0.25, 0.3) is 0 Å². The summed E-state index contributed by atoms with van der Waals surface area (Å²) in [5.41, 5.74) is 1.99. The Morgan fingerprint density at radius 1 is 1.26 bits per heavy atom. The van der Waals surface area contributed by atoms with E-state index in [0.29, 0.717) is 18.2 Å². The maximum Gasteiger partial charge on any atom is 0.234 e. The molecule has 1 N–H and O–H groups in total. The van der Waals surface area contributed by atoms with E-state index in [1.807, 2.05) is 37.3 Å². The number of anilines is 1. The van der Waals surface area contributed by atoms with Gasteiger partial charge in [-0.2, -0.15) is 0 Å². The van der Waals surface area contributed by atoms with Gasteiger partial charge >= 0.3 is 0 Å².